The average Bonchev–Trinajstić information content (AvgIpc) is 2.94. The first kappa shape index (κ1) is 27.2. The van der Waals surface area contributed by atoms with E-state index in [9.17, 15) is 8.78 Å². The lowest BCUT2D eigenvalue weighted by Crippen LogP contribution is -2.39. The van der Waals surface area contributed by atoms with Crippen molar-refractivity contribution in [1.82, 2.24) is 20.3 Å². The highest BCUT2D eigenvalue weighted by molar-refractivity contribution is 5.44. The van der Waals surface area contributed by atoms with Gasteiger partial charge in [-0.15, -0.1) is 13.2 Å². The Bertz CT molecular complexity index is 1100. The number of rotatable bonds is 13. The molecule has 3 aromatic rings. The maximum Gasteiger partial charge on any atom is 0.231 e. The van der Waals surface area contributed by atoms with Crippen LogP contribution in [0.2, 0.25) is 0 Å². The van der Waals surface area contributed by atoms with Crippen LogP contribution in [-0.2, 0) is 0 Å². The van der Waals surface area contributed by atoms with E-state index in [1.807, 2.05) is 0 Å². The van der Waals surface area contributed by atoms with Crippen molar-refractivity contribution in [1.29, 1.82) is 0 Å². The predicted molar refractivity (Wildman–Crippen MR) is 150 cm³/mol. The molecule has 2 aromatic carbocycles. The molecule has 0 saturated carbocycles. The molecule has 0 bridgehead atoms. The Morgan fingerprint density at radius 2 is 1.32 bits per heavy atom. The van der Waals surface area contributed by atoms with Crippen LogP contribution in [0.15, 0.2) is 73.8 Å². The first-order chi connectivity index (χ1) is 18.6. The van der Waals surface area contributed by atoms with Gasteiger partial charge in [-0.2, -0.15) is 15.0 Å². The summed E-state index contributed by atoms with van der Waals surface area (Å²) in [5.41, 5.74) is 1.99. The molecular weight excluding hydrogens is 484 g/mol. The van der Waals surface area contributed by atoms with Crippen LogP contribution < -0.4 is 20.9 Å². The number of benzene rings is 2. The molecule has 0 unspecified atom stereocenters. The van der Waals surface area contributed by atoms with Crippen molar-refractivity contribution < 1.29 is 8.78 Å². The van der Waals surface area contributed by atoms with Gasteiger partial charge in [-0.25, -0.2) is 8.78 Å². The van der Waals surface area contributed by atoms with Gasteiger partial charge in [0.15, 0.2) is 0 Å². The van der Waals surface area contributed by atoms with Crippen LogP contribution >= 0.6 is 0 Å². The molecule has 1 saturated heterocycles. The highest BCUT2D eigenvalue weighted by atomic mass is 19.1. The van der Waals surface area contributed by atoms with Crippen LogP contribution in [0.25, 0.3) is 0 Å². The van der Waals surface area contributed by atoms with Gasteiger partial charge in [0.25, 0.3) is 0 Å². The molecule has 1 aliphatic heterocycles. The Kier molecular flexibility index (Phi) is 9.75. The molecular formula is C29H35F2N7. The van der Waals surface area contributed by atoms with Crippen molar-refractivity contribution >= 4 is 17.8 Å². The molecule has 4 rings (SSSR count). The molecule has 200 valence electrons. The number of anilines is 3. The van der Waals surface area contributed by atoms with Gasteiger partial charge in [0.05, 0.1) is 0 Å². The van der Waals surface area contributed by atoms with Crippen LogP contribution in [0.3, 0.4) is 0 Å². The third kappa shape index (κ3) is 7.58. The summed E-state index contributed by atoms with van der Waals surface area (Å²) >= 11 is 0. The van der Waals surface area contributed by atoms with E-state index in [0.717, 1.165) is 43.6 Å². The molecule has 1 aromatic heterocycles. The van der Waals surface area contributed by atoms with Crippen LogP contribution in [0, 0.1) is 17.6 Å². The smallest absolute Gasteiger partial charge is 0.231 e. The van der Waals surface area contributed by atoms with E-state index in [4.69, 9.17) is 0 Å². The van der Waals surface area contributed by atoms with Gasteiger partial charge in [0.2, 0.25) is 17.8 Å². The third-order valence-corrected chi connectivity index (χ3v) is 6.66. The number of halogens is 2. The standard InChI is InChI=1S/C29H35F2N7/c1-3-15-33-27-35-28(34-16-4-2)37-29(36-27)38-17-13-21(14-18-38)19-32-20-26(22-5-9-24(30)10-6-22)23-7-11-25(31)12-8-23/h3-12,21,26,32H,1-2,13-20H2,(H2,33,34,35,36,37). The summed E-state index contributed by atoms with van der Waals surface area (Å²) in [5.74, 6) is 1.65. The molecule has 1 fully saturated rings. The van der Waals surface area contributed by atoms with Crippen molar-refractivity contribution in [2.45, 2.75) is 18.8 Å². The lowest BCUT2D eigenvalue weighted by molar-refractivity contribution is 0.378. The first-order valence-corrected chi connectivity index (χ1v) is 13.0. The fraction of sp³-hybridized carbons (Fsp3) is 0.345. The van der Waals surface area contributed by atoms with Crippen molar-refractivity contribution in [3.63, 3.8) is 0 Å². The minimum Gasteiger partial charge on any atom is -0.351 e. The van der Waals surface area contributed by atoms with Crippen molar-refractivity contribution in [3.8, 4) is 0 Å². The van der Waals surface area contributed by atoms with E-state index < -0.39 is 0 Å². The summed E-state index contributed by atoms with van der Waals surface area (Å²) in [5, 5.41) is 9.91. The van der Waals surface area contributed by atoms with E-state index in [-0.39, 0.29) is 17.6 Å². The summed E-state index contributed by atoms with van der Waals surface area (Å²) in [7, 11) is 0. The fourth-order valence-corrected chi connectivity index (χ4v) is 4.58. The van der Waals surface area contributed by atoms with Crippen LogP contribution in [0.1, 0.15) is 29.9 Å². The summed E-state index contributed by atoms with van der Waals surface area (Å²) in [6.07, 6.45) is 5.52. The van der Waals surface area contributed by atoms with Crippen molar-refractivity contribution in [3.05, 3.63) is 96.6 Å². The molecule has 0 amide bonds. The van der Waals surface area contributed by atoms with E-state index in [0.29, 0.717) is 43.4 Å². The van der Waals surface area contributed by atoms with Gasteiger partial charge in [0.1, 0.15) is 11.6 Å². The zero-order valence-corrected chi connectivity index (χ0v) is 21.5. The zero-order valence-electron chi connectivity index (χ0n) is 21.5. The van der Waals surface area contributed by atoms with Gasteiger partial charge in [-0.3, -0.25) is 0 Å². The Labute approximate surface area is 223 Å². The maximum absolute atomic E-state index is 13.5. The molecule has 2 heterocycles. The Balaban J connectivity index is 1.34. The number of hydrogen-bond acceptors (Lipinski definition) is 7. The lowest BCUT2D eigenvalue weighted by atomic mass is 9.90. The predicted octanol–water partition coefficient (Wildman–Crippen LogP) is 4.98. The van der Waals surface area contributed by atoms with Gasteiger partial charge < -0.3 is 20.9 Å². The molecule has 9 heteroatoms. The molecule has 0 aliphatic carbocycles. The molecule has 0 radical (unpaired) electrons. The van der Waals surface area contributed by atoms with E-state index >= 15 is 0 Å². The van der Waals surface area contributed by atoms with Gasteiger partial charge >= 0.3 is 0 Å². The highest BCUT2D eigenvalue weighted by Gasteiger charge is 2.23. The summed E-state index contributed by atoms with van der Waals surface area (Å²) in [4.78, 5) is 15.8. The summed E-state index contributed by atoms with van der Waals surface area (Å²) in [6, 6.07) is 13.1. The van der Waals surface area contributed by atoms with Crippen LogP contribution in [0.5, 0.6) is 0 Å². The Morgan fingerprint density at radius 3 is 1.79 bits per heavy atom. The van der Waals surface area contributed by atoms with Gasteiger partial charge in [-0.1, -0.05) is 36.4 Å². The Hall–Kier alpha value is -3.85. The second-order valence-electron chi connectivity index (χ2n) is 9.37. The Morgan fingerprint density at radius 1 is 0.816 bits per heavy atom. The number of hydrogen-bond donors (Lipinski definition) is 3. The quantitative estimate of drug-likeness (QED) is 0.275. The molecule has 0 atom stereocenters. The molecule has 1 aliphatic rings. The second-order valence-corrected chi connectivity index (χ2v) is 9.37. The molecule has 0 spiro atoms. The molecule has 38 heavy (non-hydrogen) atoms. The first-order valence-electron chi connectivity index (χ1n) is 13.0. The average molecular weight is 520 g/mol. The summed E-state index contributed by atoms with van der Waals surface area (Å²) < 4.78 is 27.0. The zero-order chi connectivity index (χ0) is 26.7. The van der Waals surface area contributed by atoms with E-state index in [2.05, 4.69) is 49.0 Å². The van der Waals surface area contributed by atoms with Crippen molar-refractivity contribution in [2.75, 3.05) is 54.8 Å². The second kappa shape index (κ2) is 13.6. The molecule has 3 N–H and O–H groups in total. The number of nitrogens with one attached hydrogen (secondary N) is 3. The number of piperidine rings is 1. The van der Waals surface area contributed by atoms with Gasteiger partial charge in [-0.05, 0) is 60.7 Å². The van der Waals surface area contributed by atoms with Gasteiger partial charge in [0, 0.05) is 38.6 Å². The number of aromatic nitrogens is 3. The number of nitrogens with zero attached hydrogens (tertiary/aromatic N) is 4. The van der Waals surface area contributed by atoms with Crippen LogP contribution in [0.4, 0.5) is 26.6 Å². The van der Waals surface area contributed by atoms with E-state index in [1.54, 1.807) is 36.4 Å². The summed E-state index contributed by atoms with van der Waals surface area (Å²) in [6.45, 7) is 11.8. The monoisotopic (exact) mass is 519 g/mol. The largest absolute Gasteiger partial charge is 0.351 e. The SMILES string of the molecule is C=CCNc1nc(NCC=C)nc(N2CCC(CNCC(c3ccc(F)cc3)c3ccc(F)cc3)CC2)n1. The highest BCUT2D eigenvalue weighted by Crippen LogP contribution is 2.26. The maximum atomic E-state index is 13.5. The molecule has 7 nitrogen and oxygen atoms in total. The minimum absolute atomic E-state index is 0.00415. The third-order valence-electron chi connectivity index (χ3n) is 6.66. The van der Waals surface area contributed by atoms with Crippen LogP contribution in [-0.4, -0.2) is 54.2 Å². The van der Waals surface area contributed by atoms with E-state index in [1.165, 1.54) is 24.3 Å². The minimum atomic E-state index is -0.267. The topological polar surface area (TPSA) is 78.0 Å². The van der Waals surface area contributed by atoms with Crippen molar-refractivity contribution in [2.24, 2.45) is 5.92 Å². The lowest BCUT2D eigenvalue weighted by Gasteiger charge is -2.32. The fourth-order valence-electron chi connectivity index (χ4n) is 4.58. The normalized spacial score (nSPS) is 13.9.